The Labute approximate surface area is 101 Å². The minimum Gasteiger partial charge on any atom is -0.318 e. The van der Waals surface area contributed by atoms with Crippen molar-refractivity contribution in [2.75, 3.05) is 0 Å². The van der Waals surface area contributed by atoms with E-state index in [4.69, 9.17) is 0 Å². The van der Waals surface area contributed by atoms with E-state index in [0.29, 0.717) is 0 Å². The Morgan fingerprint density at radius 1 is 1.47 bits per heavy atom. The Kier molecular flexibility index (Phi) is 5.09. The van der Waals surface area contributed by atoms with Gasteiger partial charge in [0.25, 0.3) is 0 Å². The van der Waals surface area contributed by atoms with Crippen LogP contribution in [0.25, 0.3) is 0 Å². The molecule has 1 aromatic rings. The number of hydrogen-bond acceptors (Lipinski definition) is 1. The largest absolute Gasteiger partial charge is 0.318 e. The highest BCUT2D eigenvalue weighted by atomic mass is 79.9. The van der Waals surface area contributed by atoms with Gasteiger partial charge in [-0.05, 0) is 12.8 Å². The van der Waals surface area contributed by atoms with Crippen LogP contribution < -0.4 is 0 Å². The minimum absolute atomic E-state index is 0.156. The Morgan fingerprint density at radius 2 is 2.27 bits per heavy atom. The zero-order chi connectivity index (χ0) is 11.1. The van der Waals surface area contributed by atoms with Crippen molar-refractivity contribution in [3.63, 3.8) is 0 Å². The highest BCUT2D eigenvalue weighted by molar-refractivity contribution is 9.09. The molecule has 1 aromatic heterocycles. The first kappa shape index (κ1) is 12.5. The summed E-state index contributed by atoms with van der Waals surface area (Å²) in [4.78, 5) is 4.07. The lowest BCUT2D eigenvalue weighted by molar-refractivity contribution is 0.478. The van der Waals surface area contributed by atoms with E-state index in [2.05, 4.69) is 39.0 Å². The number of allylic oxidation sites excluding steroid dienone is 1. The molecule has 2 nitrogen and oxygen atoms in total. The molecule has 15 heavy (non-hydrogen) atoms. The lowest BCUT2D eigenvalue weighted by atomic mass is 10.1. The van der Waals surface area contributed by atoms with Crippen molar-refractivity contribution in [3.8, 4) is 0 Å². The minimum atomic E-state index is -0.156. The van der Waals surface area contributed by atoms with Crippen LogP contribution in [0.5, 0.6) is 0 Å². The molecule has 0 aliphatic carbocycles. The summed E-state index contributed by atoms with van der Waals surface area (Å²) in [5.74, 6) is 0. The van der Waals surface area contributed by atoms with E-state index in [-0.39, 0.29) is 4.45 Å². The molecule has 1 rings (SSSR count). The van der Waals surface area contributed by atoms with Crippen LogP contribution in [0.1, 0.15) is 39.0 Å². The van der Waals surface area contributed by atoms with E-state index in [1.807, 2.05) is 18.6 Å². The molecule has 0 fully saturated rings. The third-order valence-corrected chi connectivity index (χ3v) is 3.76. The lowest BCUT2D eigenvalue weighted by Crippen LogP contribution is -2.22. The maximum atomic E-state index is 4.07. The quantitative estimate of drug-likeness (QED) is 0.415. The number of unbranched alkanes of at least 4 members (excludes halogenated alkanes) is 3. The molecule has 0 radical (unpaired) electrons. The molecule has 0 amide bonds. The summed E-state index contributed by atoms with van der Waals surface area (Å²) in [6, 6.07) is 0. The molecule has 1 heterocycles. The van der Waals surface area contributed by atoms with Crippen LogP contribution in [0.15, 0.2) is 31.4 Å². The zero-order valence-corrected chi connectivity index (χ0v) is 10.9. The SMILES string of the molecule is C=CC(Br)(CCCCCC)n1ccnc1. The van der Waals surface area contributed by atoms with Gasteiger partial charge in [0, 0.05) is 12.4 Å². The molecule has 1 unspecified atom stereocenters. The normalized spacial score (nSPS) is 14.8. The number of nitrogens with zero attached hydrogens (tertiary/aromatic N) is 2. The van der Waals surface area contributed by atoms with E-state index in [0.717, 1.165) is 6.42 Å². The molecule has 0 N–H and O–H groups in total. The first-order valence-corrected chi connectivity index (χ1v) is 6.33. The maximum absolute atomic E-state index is 4.07. The van der Waals surface area contributed by atoms with Gasteiger partial charge in [0.1, 0.15) is 4.45 Å². The molecule has 0 aliphatic heterocycles. The van der Waals surface area contributed by atoms with Crippen molar-refractivity contribution >= 4 is 15.9 Å². The van der Waals surface area contributed by atoms with E-state index in [1.165, 1.54) is 25.7 Å². The van der Waals surface area contributed by atoms with Gasteiger partial charge >= 0.3 is 0 Å². The Balaban J connectivity index is 2.50. The van der Waals surface area contributed by atoms with E-state index in [1.54, 1.807) is 6.20 Å². The molecule has 0 saturated carbocycles. The summed E-state index contributed by atoms with van der Waals surface area (Å²) in [5.41, 5.74) is 0. The smallest absolute Gasteiger partial charge is 0.119 e. The standard InChI is InChI=1S/C12H19BrN2/c1-3-5-6-7-8-12(13,4-2)15-10-9-14-11-15/h4,9-11H,2-3,5-8H2,1H3. The second kappa shape index (κ2) is 6.11. The van der Waals surface area contributed by atoms with Crippen molar-refractivity contribution < 1.29 is 0 Å². The fraction of sp³-hybridized carbons (Fsp3) is 0.583. The van der Waals surface area contributed by atoms with Gasteiger partial charge in [0.05, 0.1) is 6.33 Å². The summed E-state index contributed by atoms with van der Waals surface area (Å²) in [6.07, 6.45) is 13.7. The first-order chi connectivity index (χ1) is 7.23. The number of aromatic nitrogens is 2. The predicted octanol–water partition coefficient (Wildman–Crippen LogP) is 4.09. The lowest BCUT2D eigenvalue weighted by Gasteiger charge is -2.25. The number of hydrogen-bond donors (Lipinski definition) is 0. The van der Waals surface area contributed by atoms with Gasteiger partial charge in [-0.1, -0.05) is 54.8 Å². The van der Waals surface area contributed by atoms with Crippen LogP contribution in [0.3, 0.4) is 0 Å². The first-order valence-electron chi connectivity index (χ1n) is 5.54. The predicted molar refractivity (Wildman–Crippen MR) is 68.1 cm³/mol. The summed E-state index contributed by atoms with van der Waals surface area (Å²) in [6.45, 7) is 6.12. The van der Waals surface area contributed by atoms with Crippen molar-refractivity contribution in [3.05, 3.63) is 31.4 Å². The van der Waals surface area contributed by atoms with E-state index >= 15 is 0 Å². The van der Waals surface area contributed by atoms with Gasteiger partial charge < -0.3 is 4.57 Å². The number of rotatable bonds is 7. The van der Waals surface area contributed by atoms with Gasteiger partial charge in [-0.25, -0.2) is 4.98 Å². The average molecular weight is 271 g/mol. The highest BCUT2D eigenvalue weighted by Crippen LogP contribution is 2.32. The van der Waals surface area contributed by atoms with Crippen LogP contribution in [0, 0.1) is 0 Å². The molecule has 0 aromatic carbocycles. The van der Waals surface area contributed by atoms with Crippen LogP contribution in [0.4, 0.5) is 0 Å². The van der Waals surface area contributed by atoms with Crippen molar-refractivity contribution in [1.82, 2.24) is 9.55 Å². The molecule has 0 aliphatic rings. The maximum Gasteiger partial charge on any atom is 0.119 e. The number of halogens is 1. The Hall–Kier alpha value is -0.570. The second-order valence-corrected chi connectivity index (χ2v) is 5.18. The monoisotopic (exact) mass is 270 g/mol. The van der Waals surface area contributed by atoms with Gasteiger partial charge in [-0.15, -0.1) is 0 Å². The van der Waals surface area contributed by atoms with E-state index < -0.39 is 0 Å². The van der Waals surface area contributed by atoms with Gasteiger partial charge in [0.15, 0.2) is 0 Å². The fourth-order valence-electron chi connectivity index (χ4n) is 1.62. The highest BCUT2D eigenvalue weighted by Gasteiger charge is 2.23. The average Bonchev–Trinajstić information content (AvgIpc) is 2.78. The van der Waals surface area contributed by atoms with Crippen molar-refractivity contribution in [2.45, 2.75) is 43.5 Å². The molecule has 0 spiro atoms. The summed E-state index contributed by atoms with van der Waals surface area (Å²) in [7, 11) is 0. The van der Waals surface area contributed by atoms with E-state index in [9.17, 15) is 0 Å². The molecule has 84 valence electrons. The fourth-order valence-corrected chi connectivity index (χ4v) is 2.11. The molecule has 1 atom stereocenters. The summed E-state index contributed by atoms with van der Waals surface area (Å²) in [5, 5.41) is 0. The topological polar surface area (TPSA) is 17.8 Å². The summed E-state index contributed by atoms with van der Waals surface area (Å²) >= 11 is 3.73. The number of alkyl halides is 1. The Morgan fingerprint density at radius 3 is 2.80 bits per heavy atom. The second-order valence-electron chi connectivity index (χ2n) is 3.80. The number of imidazole rings is 1. The molecule has 3 heteroatoms. The zero-order valence-electron chi connectivity index (χ0n) is 9.32. The van der Waals surface area contributed by atoms with Crippen molar-refractivity contribution in [1.29, 1.82) is 0 Å². The molecule has 0 bridgehead atoms. The Bertz CT molecular complexity index is 282. The van der Waals surface area contributed by atoms with Gasteiger partial charge in [-0.3, -0.25) is 0 Å². The van der Waals surface area contributed by atoms with Gasteiger partial charge in [-0.2, -0.15) is 0 Å². The molecule has 0 saturated heterocycles. The van der Waals surface area contributed by atoms with Crippen LogP contribution in [-0.4, -0.2) is 9.55 Å². The van der Waals surface area contributed by atoms with Crippen LogP contribution in [0.2, 0.25) is 0 Å². The molecular formula is C12H19BrN2. The summed E-state index contributed by atoms with van der Waals surface area (Å²) < 4.78 is 1.91. The van der Waals surface area contributed by atoms with Crippen LogP contribution in [-0.2, 0) is 4.45 Å². The molecular weight excluding hydrogens is 252 g/mol. The van der Waals surface area contributed by atoms with Crippen LogP contribution >= 0.6 is 15.9 Å². The third-order valence-electron chi connectivity index (χ3n) is 2.63. The van der Waals surface area contributed by atoms with Crippen molar-refractivity contribution in [2.24, 2.45) is 0 Å². The third kappa shape index (κ3) is 3.49. The van der Waals surface area contributed by atoms with Gasteiger partial charge in [0.2, 0.25) is 0 Å².